The summed E-state index contributed by atoms with van der Waals surface area (Å²) in [6.45, 7) is 1.25. The maximum Gasteiger partial charge on any atom is 0.128 e. The van der Waals surface area contributed by atoms with Crippen LogP contribution in [0.5, 0.6) is 0 Å². The first-order chi connectivity index (χ1) is 5.77. The topological polar surface area (TPSA) is 35.2 Å². The fourth-order valence-electron chi connectivity index (χ4n) is 1.29. The molecule has 0 saturated carbocycles. The standard InChI is InChI=1S/C9H10FNO/c10-9-3-7(11)1-2-8(9)6-4-12-5-6/h1-3,6H,4-5,11H2. The number of anilines is 1. The predicted octanol–water partition coefficient (Wildman–Crippen LogP) is 1.52. The van der Waals surface area contributed by atoms with Crippen LogP contribution in [0, 0.1) is 5.82 Å². The van der Waals surface area contributed by atoms with Gasteiger partial charge in [0.05, 0.1) is 13.2 Å². The van der Waals surface area contributed by atoms with E-state index in [1.807, 2.05) is 0 Å². The van der Waals surface area contributed by atoms with Gasteiger partial charge in [-0.1, -0.05) is 6.07 Å². The van der Waals surface area contributed by atoms with Crippen molar-refractivity contribution in [2.45, 2.75) is 5.92 Å². The molecule has 64 valence electrons. The number of hydrogen-bond acceptors (Lipinski definition) is 2. The lowest BCUT2D eigenvalue weighted by Crippen LogP contribution is -2.25. The molecule has 0 spiro atoms. The van der Waals surface area contributed by atoms with Gasteiger partial charge in [0.25, 0.3) is 0 Å². The lowest BCUT2D eigenvalue weighted by Gasteiger charge is -2.26. The van der Waals surface area contributed by atoms with Crippen LogP contribution in [0.4, 0.5) is 10.1 Å². The van der Waals surface area contributed by atoms with Crippen molar-refractivity contribution in [1.82, 2.24) is 0 Å². The molecule has 1 aromatic rings. The summed E-state index contributed by atoms with van der Waals surface area (Å²) in [5.41, 5.74) is 6.60. The molecular formula is C9H10FNO. The van der Waals surface area contributed by atoms with Crippen molar-refractivity contribution in [3.8, 4) is 0 Å². The van der Waals surface area contributed by atoms with E-state index in [-0.39, 0.29) is 11.7 Å². The zero-order valence-corrected chi connectivity index (χ0v) is 6.59. The predicted molar refractivity (Wildman–Crippen MR) is 44.4 cm³/mol. The fourth-order valence-corrected chi connectivity index (χ4v) is 1.29. The number of nitrogens with two attached hydrogens (primary N) is 1. The molecule has 2 rings (SSSR count). The highest BCUT2D eigenvalue weighted by atomic mass is 19.1. The first-order valence-electron chi connectivity index (χ1n) is 3.90. The Labute approximate surface area is 70.1 Å². The fraction of sp³-hybridized carbons (Fsp3) is 0.333. The highest BCUT2D eigenvalue weighted by molar-refractivity contribution is 5.41. The number of ether oxygens (including phenoxy) is 1. The van der Waals surface area contributed by atoms with Crippen LogP contribution in [0.2, 0.25) is 0 Å². The Kier molecular flexibility index (Phi) is 1.73. The van der Waals surface area contributed by atoms with Gasteiger partial charge in [0.15, 0.2) is 0 Å². The number of rotatable bonds is 1. The average molecular weight is 167 g/mol. The van der Waals surface area contributed by atoms with Crippen LogP contribution in [-0.4, -0.2) is 13.2 Å². The summed E-state index contributed by atoms with van der Waals surface area (Å²) in [5, 5.41) is 0. The molecule has 2 N–H and O–H groups in total. The van der Waals surface area contributed by atoms with E-state index >= 15 is 0 Å². The largest absolute Gasteiger partial charge is 0.399 e. The smallest absolute Gasteiger partial charge is 0.128 e. The molecule has 0 aliphatic carbocycles. The molecule has 1 saturated heterocycles. The van der Waals surface area contributed by atoms with Crippen LogP contribution in [0.3, 0.4) is 0 Å². The van der Waals surface area contributed by atoms with Gasteiger partial charge < -0.3 is 10.5 Å². The maximum atomic E-state index is 13.2. The number of benzene rings is 1. The van der Waals surface area contributed by atoms with Crippen molar-refractivity contribution < 1.29 is 9.13 Å². The molecule has 0 radical (unpaired) electrons. The average Bonchev–Trinajstić information content (AvgIpc) is 1.91. The molecule has 0 unspecified atom stereocenters. The van der Waals surface area contributed by atoms with Crippen LogP contribution in [0.1, 0.15) is 11.5 Å². The second-order valence-electron chi connectivity index (χ2n) is 3.02. The molecule has 2 nitrogen and oxygen atoms in total. The minimum absolute atomic E-state index is 0.219. The summed E-state index contributed by atoms with van der Waals surface area (Å²) >= 11 is 0. The van der Waals surface area contributed by atoms with E-state index in [0.717, 1.165) is 5.56 Å². The Morgan fingerprint density at radius 1 is 1.42 bits per heavy atom. The molecule has 1 aliphatic heterocycles. The molecule has 0 amide bonds. The third kappa shape index (κ3) is 1.16. The number of nitrogen functional groups attached to an aromatic ring is 1. The lowest BCUT2D eigenvalue weighted by atomic mass is 9.97. The van der Waals surface area contributed by atoms with Gasteiger partial charge >= 0.3 is 0 Å². The van der Waals surface area contributed by atoms with E-state index in [1.54, 1.807) is 12.1 Å². The van der Waals surface area contributed by atoms with Crippen LogP contribution in [0.15, 0.2) is 18.2 Å². The van der Waals surface area contributed by atoms with E-state index in [0.29, 0.717) is 18.9 Å². The Morgan fingerprint density at radius 3 is 2.67 bits per heavy atom. The quantitative estimate of drug-likeness (QED) is 0.643. The summed E-state index contributed by atoms with van der Waals surface area (Å²) in [4.78, 5) is 0. The first-order valence-corrected chi connectivity index (χ1v) is 3.90. The van der Waals surface area contributed by atoms with E-state index in [9.17, 15) is 4.39 Å². The summed E-state index contributed by atoms with van der Waals surface area (Å²) < 4.78 is 18.2. The number of halogens is 1. The van der Waals surface area contributed by atoms with Crippen molar-refractivity contribution in [2.24, 2.45) is 0 Å². The minimum Gasteiger partial charge on any atom is -0.399 e. The van der Waals surface area contributed by atoms with Gasteiger partial charge in [0.1, 0.15) is 5.82 Å². The summed E-state index contributed by atoms with van der Waals surface area (Å²) in [5.74, 6) is 0.00824. The molecule has 1 aliphatic rings. The van der Waals surface area contributed by atoms with Crippen LogP contribution in [-0.2, 0) is 4.74 Å². The van der Waals surface area contributed by atoms with E-state index in [2.05, 4.69) is 0 Å². The Balaban J connectivity index is 2.31. The number of hydrogen-bond donors (Lipinski definition) is 1. The van der Waals surface area contributed by atoms with Crippen molar-refractivity contribution in [3.63, 3.8) is 0 Å². The Bertz CT molecular complexity index is 297. The minimum atomic E-state index is -0.219. The maximum absolute atomic E-state index is 13.2. The van der Waals surface area contributed by atoms with Gasteiger partial charge in [-0.05, 0) is 17.7 Å². The van der Waals surface area contributed by atoms with Crippen molar-refractivity contribution in [1.29, 1.82) is 0 Å². The van der Waals surface area contributed by atoms with Crippen LogP contribution < -0.4 is 5.73 Å². The van der Waals surface area contributed by atoms with Crippen LogP contribution in [0.25, 0.3) is 0 Å². The molecule has 0 atom stereocenters. The van der Waals surface area contributed by atoms with Gasteiger partial charge in [0, 0.05) is 11.6 Å². The van der Waals surface area contributed by atoms with E-state index < -0.39 is 0 Å². The third-order valence-corrected chi connectivity index (χ3v) is 2.10. The van der Waals surface area contributed by atoms with Crippen molar-refractivity contribution in [3.05, 3.63) is 29.6 Å². The summed E-state index contributed by atoms with van der Waals surface area (Å²) in [6.07, 6.45) is 0. The van der Waals surface area contributed by atoms with E-state index in [1.165, 1.54) is 6.07 Å². The second-order valence-corrected chi connectivity index (χ2v) is 3.02. The van der Waals surface area contributed by atoms with Gasteiger partial charge in [-0.2, -0.15) is 0 Å². The van der Waals surface area contributed by atoms with Crippen LogP contribution >= 0.6 is 0 Å². The molecular weight excluding hydrogens is 157 g/mol. The molecule has 12 heavy (non-hydrogen) atoms. The van der Waals surface area contributed by atoms with Crippen molar-refractivity contribution >= 4 is 5.69 Å². The van der Waals surface area contributed by atoms with Gasteiger partial charge in [0.2, 0.25) is 0 Å². The molecule has 1 fully saturated rings. The third-order valence-electron chi connectivity index (χ3n) is 2.10. The molecule has 0 aromatic heterocycles. The summed E-state index contributed by atoms with van der Waals surface area (Å²) in [6, 6.07) is 4.81. The van der Waals surface area contributed by atoms with Gasteiger partial charge in [-0.3, -0.25) is 0 Å². The molecule has 1 aromatic carbocycles. The monoisotopic (exact) mass is 167 g/mol. The van der Waals surface area contributed by atoms with Gasteiger partial charge in [-0.15, -0.1) is 0 Å². The van der Waals surface area contributed by atoms with Gasteiger partial charge in [-0.25, -0.2) is 4.39 Å². The first kappa shape index (κ1) is 7.55. The zero-order chi connectivity index (χ0) is 8.55. The second kappa shape index (κ2) is 2.75. The lowest BCUT2D eigenvalue weighted by molar-refractivity contribution is 0.00704. The summed E-state index contributed by atoms with van der Waals surface area (Å²) in [7, 11) is 0. The molecule has 0 bridgehead atoms. The normalized spacial score (nSPS) is 17.4. The Hall–Kier alpha value is -1.09. The molecule has 3 heteroatoms. The van der Waals surface area contributed by atoms with Crippen molar-refractivity contribution in [2.75, 3.05) is 18.9 Å². The Morgan fingerprint density at radius 2 is 2.17 bits per heavy atom. The SMILES string of the molecule is Nc1ccc(C2COC2)c(F)c1. The van der Waals surface area contributed by atoms with E-state index in [4.69, 9.17) is 10.5 Å². The molecule has 1 heterocycles. The highest BCUT2D eigenvalue weighted by Crippen LogP contribution is 2.27. The highest BCUT2D eigenvalue weighted by Gasteiger charge is 2.23. The zero-order valence-electron chi connectivity index (χ0n) is 6.59.